The Morgan fingerprint density at radius 3 is 2.76 bits per heavy atom. The summed E-state index contributed by atoms with van der Waals surface area (Å²) in [5.41, 5.74) is 1.38. The molecule has 0 saturated carbocycles. The molecular formula is C14H20BrNO. The van der Waals surface area contributed by atoms with Crippen LogP contribution in [0.5, 0.6) is 0 Å². The monoisotopic (exact) mass is 297 g/mol. The number of aliphatic hydroxyl groups excluding tert-OH is 1. The van der Waals surface area contributed by atoms with E-state index >= 15 is 0 Å². The zero-order valence-electron chi connectivity index (χ0n) is 10.1. The van der Waals surface area contributed by atoms with Crippen LogP contribution in [0.25, 0.3) is 0 Å². The van der Waals surface area contributed by atoms with Gasteiger partial charge in [-0.2, -0.15) is 0 Å². The first-order chi connectivity index (χ1) is 8.35. The van der Waals surface area contributed by atoms with Gasteiger partial charge < -0.3 is 5.11 Å². The second-order valence-corrected chi connectivity index (χ2v) is 5.38. The fourth-order valence-corrected chi connectivity index (χ4v) is 3.17. The van der Waals surface area contributed by atoms with E-state index in [9.17, 15) is 5.11 Å². The molecule has 0 aliphatic carbocycles. The highest BCUT2D eigenvalue weighted by atomic mass is 79.9. The minimum Gasteiger partial charge on any atom is -0.395 e. The topological polar surface area (TPSA) is 23.5 Å². The second kappa shape index (κ2) is 6.53. The van der Waals surface area contributed by atoms with Gasteiger partial charge in [0.15, 0.2) is 0 Å². The van der Waals surface area contributed by atoms with Crippen LogP contribution < -0.4 is 0 Å². The van der Waals surface area contributed by atoms with Crippen molar-refractivity contribution in [2.45, 2.75) is 24.8 Å². The number of rotatable bonds is 5. The van der Waals surface area contributed by atoms with Gasteiger partial charge in [-0.15, -0.1) is 0 Å². The van der Waals surface area contributed by atoms with Crippen LogP contribution in [0, 0.1) is 0 Å². The molecule has 1 saturated heterocycles. The smallest absolute Gasteiger partial charge is 0.0586 e. The molecule has 3 heteroatoms. The highest BCUT2D eigenvalue weighted by Gasteiger charge is 2.26. The largest absolute Gasteiger partial charge is 0.395 e. The molecule has 1 N–H and O–H groups in total. The number of benzene rings is 1. The molecule has 1 fully saturated rings. The molecule has 1 aromatic rings. The number of alkyl halides is 1. The van der Waals surface area contributed by atoms with E-state index in [-0.39, 0.29) is 0 Å². The lowest BCUT2D eigenvalue weighted by atomic mass is 10.0. The molecule has 17 heavy (non-hydrogen) atoms. The van der Waals surface area contributed by atoms with Crippen molar-refractivity contribution < 1.29 is 5.11 Å². The molecule has 1 heterocycles. The van der Waals surface area contributed by atoms with E-state index in [2.05, 4.69) is 51.2 Å². The molecular weight excluding hydrogens is 278 g/mol. The number of likely N-dealkylation sites (tertiary alicyclic amines) is 1. The SMILES string of the molecule is OCC1CCCN1CC(CBr)c1ccccc1. The van der Waals surface area contributed by atoms with E-state index in [4.69, 9.17) is 0 Å². The number of hydrogen-bond donors (Lipinski definition) is 1. The Bertz CT molecular complexity index is 330. The van der Waals surface area contributed by atoms with E-state index in [1.165, 1.54) is 12.0 Å². The molecule has 0 amide bonds. The van der Waals surface area contributed by atoms with E-state index in [0.29, 0.717) is 18.6 Å². The third-order valence-electron chi connectivity index (χ3n) is 3.62. The highest BCUT2D eigenvalue weighted by Crippen LogP contribution is 2.24. The summed E-state index contributed by atoms with van der Waals surface area (Å²) in [7, 11) is 0. The number of hydrogen-bond acceptors (Lipinski definition) is 2. The third kappa shape index (κ3) is 3.30. The van der Waals surface area contributed by atoms with Crippen LogP contribution >= 0.6 is 15.9 Å². The van der Waals surface area contributed by atoms with Crippen LogP contribution in [0.4, 0.5) is 0 Å². The van der Waals surface area contributed by atoms with Crippen LogP contribution in [0.1, 0.15) is 24.3 Å². The van der Waals surface area contributed by atoms with Crippen LogP contribution in [0.15, 0.2) is 30.3 Å². The van der Waals surface area contributed by atoms with E-state index in [1.54, 1.807) is 0 Å². The fourth-order valence-electron chi connectivity index (χ4n) is 2.59. The minimum atomic E-state index is 0.295. The molecule has 1 aromatic carbocycles. The summed E-state index contributed by atoms with van der Waals surface area (Å²) in [5.74, 6) is 0.517. The standard InChI is InChI=1S/C14H20BrNO/c15-9-13(12-5-2-1-3-6-12)10-16-8-4-7-14(16)11-17/h1-3,5-6,13-14,17H,4,7-11H2. The summed E-state index contributed by atoms with van der Waals surface area (Å²) in [6.45, 7) is 2.46. The Labute approximate surface area is 112 Å². The Kier molecular flexibility index (Phi) is 5.01. The van der Waals surface area contributed by atoms with Crippen molar-refractivity contribution >= 4 is 15.9 Å². The van der Waals surface area contributed by atoms with Crippen molar-refractivity contribution in [1.82, 2.24) is 4.90 Å². The molecule has 1 aliphatic heterocycles. The van der Waals surface area contributed by atoms with Gasteiger partial charge in [0.05, 0.1) is 6.61 Å². The highest BCUT2D eigenvalue weighted by molar-refractivity contribution is 9.09. The molecule has 2 rings (SSSR count). The second-order valence-electron chi connectivity index (χ2n) is 4.74. The quantitative estimate of drug-likeness (QED) is 0.845. The molecule has 2 atom stereocenters. The third-order valence-corrected chi connectivity index (χ3v) is 4.40. The van der Waals surface area contributed by atoms with Gasteiger partial charge in [-0.1, -0.05) is 46.3 Å². The summed E-state index contributed by atoms with van der Waals surface area (Å²) in [6, 6.07) is 11.0. The van der Waals surface area contributed by atoms with Crippen molar-refractivity contribution in [2.75, 3.05) is 25.0 Å². The first-order valence-corrected chi connectivity index (χ1v) is 7.43. The normalized spacial score (nSPS) is 22.8. The lowest BCUT2D eigenvalue weighted by molar-refractivity contribution is 0.154. The summed E-state index contributed by atoms with van der Waals surface area (Å²) in [4.78, 5) is 2.43. The van der Waals surface area contributed by atoms with Crippen molar-refractivity contribution in [2.24, 2.45) is 0 Å². The van der Waals surface area contributed by atoms with Crippen LogP contribution in [0.3, 0.4) is 0 Å². The van der Waals surface area contributed by atoms with Gasteiger partial charge in [-0.3, -0.25) is 4.90 Å². The predicted octanol–water partition coefficient (Wildman–Crippen LogP) is 2.62. The van der Waals surface area contributed by atoms with Gasteiger partial charge in [0, 0.05) is 23.8 Å². The summed E-state index contributed by atoms with van der Waals surface area (Å²) in [5, 5.41) is 10.3. The first-order valence-electron chi connectivity index (χ1n) is 6.31. The Hall–Kier alpha value is -0.380. The first kappa shape index (κ1) is 13.1. The molecule has 0 spiro atoms. The average Bonchev–Trinajstić information content (AvgIpc) is 2.84. The molecule has 94 valence electrons. The van der Waals surface area contributed by atoms with E-state index in [1.807, 2.05) is 0 Å². The lowest BCUT2D eigenvalue weighted by Gasteiger charge is -2.27. The van der Waals surface area contributed by atoms with Gasteiger partial charge in [0.2, 0.25) is 0 Å². The maximum Gasteiger partial charge on any atom is 0.0586 e. The van der Waals surface area contributed by atoms with Gasteiger partial charge in [0.25, 0.3) is 0 Å². The predicted molar refractivity (Wildman–Crippen MR) is 74.7 cm³/mol. The lowest BCUT2D eigenvalue weighted by Crippen LogP contribution is -2.35. The minimum absolute atomic E-state index is 0.295. The van der Waals surface area contributed by atoms with Crippen molar-refractivity contribution in [3.8, 4) is 0 Å². The summed E-state index contributed by atoms with van der Waals surface area (Å²) in [6.07, 6.45) is 2.36. The van der Waals surface area contributed by atoms with Gasteiger partial charge in [-0.25, -0.2) is 0 Å². The van der Waals surface area contributed by atoms with Crippen LogP contribution in [-0.4, -0.2) is 41.1 Å². The van der Waals surface area contributed by atoms with Crippen molar-refractivity contribution in [1.29, 1.82) is 0 Å². The van der Waals surface area contributed by atoms with E-state index < -0.39 is 0 Å². The van der Waals surface area contributed by atoms with Crippen molar-refractivity contribution in [3.05, 3.63) is 35.9 Å². The number of nitrogens with zero attached hydrogens (tertiary/aromatic N) is 1. The van der Waals surface area contributed by atoms with Gasteiger partial charge >= 0.3 is 0 Å². The van der Waals surface area contributed by atoms with Crippen molar-refractivity contribution in [3.63, 3.8) is 0 Å². The molecule has 0 radical (unpaired) electrons. The summed E-state index contributed by atoms with van der Waals surface area (Å²) < 4.78 is 0. The number of aliphatic hydroxyl groups is 1. The van der Waals surface area contributed by atoms with E-state index in [0.717, 1.165) is 24.8 Å². The van der Waals surface area contributed by atoms with Gasteiger partial charge in [0.1, 0.15) is 0 Å². The Morgan fingerprint density at radius 1 is 1.35 bits per heavy atom. The molecule has 0 aromatic heterocycles. The maximum atomic E-state index is 9.34. The Morgan fingerprint density at radius 2 is 2.12 bits per heavy atom. The average molecular weight is 298 g/mol. The van der Waals surface area contributed by atoms with Crippen LogP contribution in [-0.2, 0) is 0 Å². The van der Waals surface area contributed by atoms with Gasteiger partial charge in [-0.05, 0) is 24.9 Å². The number of halogens is 1. The van der Waals surface area contributed by atoms with Crippen LogP contribution in [0.2, 0.25) is 0 Å². The molecule has 1 aliphatic rings. The molecule has 0 bridgehead atoms. The fraction of sp³-hybridized carbons (Fsp3) is 0.571. The Balaban J connectivity index is 2.00. The maximum absolute atomic E-state index is 9.34. The zero-order valence-corrected chi connectivity index (χ0v) is 11.6. The zero-order chi connectivity index (χ0) is 12.1. The molecule has 2 unspecified atom stereocenters. The summed E-state index contributed by atoms with van der Waals surface area (Å²) >= 11 is 3.61. The molecule has 2 nitrogen and oxygen atoms in total.